The summed E-state index contributed by atoms with van der Waals surface area (Å²) in [5.41, 5.74) is 2.60. The lowest BCUT2D eigenvalue weighted by Gasteiger charge is -1.91. The highest BCUT2D eigenvalue weighted by Crippen LogP contribution is 2.36. The van der Waals surface area contributed by atoms with E-state index in [1.54, 1.807) is 0 Å². The molecule has 0 atom stereocenters. The van der Waals surface area contributed by atoms with Gasteiger partial charge in [0.25, 0.3) is 4.88 Å². The number of rotatable bonds is 2. The van der Waals surface area contributed by atoms with Gasteiger partial charge >= 0.3 is 10.3 Å². The highest BCUT2D eigenvalue weighted by Gasteiger charge is 2.16. The first-order chi connectivity index (χ1) is 8.43. The van der Waals surface area contributed by atoms with Crippen LogP contribution in [0.25, 0.3) is 20.9 Å². The SMILES string of the molecule is c1ccc(-c2cc(-c3ccccc3)[s+]s2)cc1. The minimum Gasteiger partial charge on any atom is -0.0622 e. The van der Waals surface area contributed by atoms with Gasteiger partial charge in [0.2, 0.25) is 0 Å². The summed E-state index contributed by atoms with van der Waals surface area (Å²) < 4.78 is 0. The van der Waals surface area contributed by atoms with Gasteiger partial charge in [-0.05, 0) is 17.7 Å². The summed E-state index contributed by atoms with van der Waals surface area (Å²) in [6, 6.07) is 23.4. The summed E-state index contributed by atoms with van der Waals surface area (Å²) in [6.45, 7) is 0. The predicted molar refractivity (Wildman–Crippen MR) is 77.5 cm³/mol. The quantitative estimate of drug-likeness (QED) is 0.423. The maximum atomic E-state index is 2.28. The largest absolute Gasteiger partial charge is 0.301 e. The van der Waals surface area contributed by atoms with Crippen molar-refractivity contribution in [2.75, 3.05) is 0 Å². The first kappa shape index (κ1) is 10.6. The lowest BCUT2D eigenvalue weighted by Crippen LogP contribution is -1.71. The van der Waals surface area contributed by atoms with E-state index in [1.807, 2.05) is 20.7 Å². The Morgan fingerprint density at radius 3 is 1.94 bits per heavy atom. The van der Waals surface area contributed by atoms with Crippen LogP contribution in [0.2, 0.25) is 0 Å². The van der Waals surface area contributed by atoms with Gasteiger partial charge in [0, 0.05) is 11.6 Å². The van der Waals surface area contributed by atoms with Crippen LogP contribution in [0.3, 0.4) is 0 Å². The van der Waals surface area contributed by atoms with Crippen LogP contribution >= 0.6 is 20.7 Å². The highest BCUT2D eigenvalue weighted by atomic mass is 32.9. The van der Waals surface area contributed by atoms with Crippen LogP contribution in [-0.4, -0.2) is 0 Å². The Balaban J connectivity index is 1.99. The summed E-state index contributed by atoms with van der Waals surface area (Å²) in [7, 11) is 3.68. The van der Waals surface area contributed by atoms with Gasteiger partial charge in [-0.1, -0.05) is 48.5 Å². The lowest BCUT2D eigenvalue weighted by atomic mass is 10.1. The first-order valence-electron chi connectivity index (χ1n) is 5.47. The third-order valence-corrected chi connectivity index (χ3v) is 5.08. The molecule has 0 amide bonds. The molecule has 2 aromatic carbocycles. The maximum absolute atomic E-state index is 2.28. The van der Waals surface area contributed by atoms with E-state index in [0.29, 0.717) is 0 Å². The van der Waals surface area contributed by atoms with Crippen LogP contribution in [-0.2, 0) is 0 Å². The average molecular weight is 255 g/mol. The zero-order chi connectivity index (χ0) is 11.5. The molecule has 0 bridgehead atoms. The molecule has 3 aromatic rings. The van der Waals surface area contributed by atoms with Gasteiger partial charge in [-0.3, -0.25) is 0 Å². The molecule has 82 valence electrons. The third kappa shape index (κ3) is 2.28. The molecule has 2 heteroatoms. The molecule has 0 N–H and O–H groups in total. The fourth-order valence-electron chi connectivity index (χ4n) is 1.72. The standard InChI is InChI=1S/C15H11S2/c1-3-7-12(8-4-1)14-11-15(17-16-14)13-9-5-2-6-10-13/h1-11H/q+1. The summed E-state index contributed by atoms with van der Waals surface area (Å²) in [5.74, 6) is 0. The van der Waals surface area contributed by atoms with Gasteiger partial charge in [-0.2, -0.15) is 0 Å². The van der Waals surface area contributed by atoms with Crippen LogP contribution < -0.4 is 0 Å². The van der Waals surface area contributed by atoms with E-state index in [-0.39, 0.29) is 0 Å². The molecule has 1 heterocycles. The van der Waals surface area contributed by atoms with Gasteiger partial charge in [0.1, 0.15) is 0 Å². The molecular weight excluding hydrogens is 244 g/mol. The van der Waals surface area contributed by atoms with Gasteiger partial charge in [0.05, 0.1) is 4.88 Å². The molecule has 0 saturated carbocycles. The van der Waals surface area contributed by atoms with Crippen molar-refractivity contribution in [3.05, 3.63) is 66.7 Å². The normalized spacial score (nSPS) is 10.4. The number of hydrogen-bond donors (Lipinski definition) is 0. The van der Waals surface area contributed by atoms with Crippen molar-refractivity contribution in [2.45, 2.75) is 0 Å². The molecule has 17 heavy (non-hydrogen) atoms. The minimum atomic E-state index is 1.30. The van der Waals surface area contributed by atoms with Crippen LogP contribution in [0, 0.1) is 0 Å². The van der Waals surface area contributed by atoms with E-state index in [2.05, 4.69) is 66.7 Å². The predicted octanol–water partition coefficient (Wildman–Crippen LogP) is 5.42. The summed E-state index contributed by atoms with van der Waals surface area (Å²) in [4.78, 5) is 2.68. The molecule has 0 radical (unpaired) electrons. The summed E-state index contributed by atoms with van der Waals surface area (Å²) in [5, 5.41) is 0. The van der Waals surface area contributed by atoms with Crippen molar-refractivity contribution in [1.29, 1.82) is 0 Å². The van der Waals surface area contributed by atoms with Crippen molar-refractivity contribution < 1.29 is 0 Å². The van der Waals surface area contributed by atoms with Crippen LogP contribution in [0.4, 0.5) is 0 Å². The fourth-order valence-corrected chi connectivity index (χ4v) is 4.18. The molecule has 3 rings (SSSR count). The molecule has 0 saturated heterocycles. The highest BCUT2D eigenvalue weighted by molar-refractivity contribution is 7.72. The van der Waals surface area contributed by atoms with Crippen molar-refractivity contribution >= 4 is 20.7 Å². The van der Waals surface area contributed by atoms with Crippen molar-refractivity contribution in [1.82, 2.24) is 0 Å². The zero-order valence-electron chi connectivity index (χ0n) is 9.17. The van der Waals surface area contributed by atoms with Gasteiger partial charge in [-0.25, -0.2) is 0 Å². The van der Waals surface area contributed by atoms with Crippen LogP contribution in [0.1, 0.15) is 0 Å². The number of hydrogen-bond acceptors (Lipinski definition) is 1. The fraction of sp³-hybridized carbons (Fsp3) is 0. The van der Waals surface area contributed by atoms with Crippen molar-refractivity contribution in [3.63, 3.8) is 0 Å². The summed E-state index contributed by atoms with van der Waals surface area (Å²) in [6.07, 6.45) is 0. The van der Waals surface area contributed by atoms with E-state index in [1.165, 1.54) is 20.9 Å². The van der Waals surface area contributed by atoms with E-state index in [0.717, 1.165) is 0 Å². The third-order valence-electron chi connectivity index (χ3n) is 2.60. The monoisotopic (exact) mass is 255 g/mol. The second-order valence-electron chi connectivity index (χ2n) is 3.77. The minimum absolute atomic E-state index is 1.30. The molecule has 0 aliphatic rings. The number of benzene rings is 2. The van der Waals surface area contributed by atoms with E-state index in [9.17, 15) is 0 Å². The molecule has 0 unspecified atom stereocenters. The van der Waals surface area contributed by atoms with Gasteiger partial charge in [0.15, 0.2) is 10.3 Å². The van der Waals surface area contributed by atoms with Crippen molar-refractivity contribution in [3.8, 4) is 20.9 Å². The Hall–Kier alpha value is -1.51. The molecular formula is C15H11S2+. The first-order valence-corrected chi connectivity index (χ1v) is 7.62. The second kappa shape index (κ2) is 4.78. The van der Waals surface area contributed by atoms with E-state index in [4.69, 9.17) is 0 Å². The maximum Gasteiger partial charge on any atom is 0.301 e. The molecule has 0 spiro atoms. The zero-order valence-corrected chi connectivity index (χ0v) is 10.8. The molecule has 0 nitrogen and oxygen atoms in total. The Morgan fingerprint density at radius 1 is 0.706 bits per heavy atom. The Morgan fingerprint density at radius 2 is 1.29 bits per heavy atom. The van der Waals surface area contributed by atoms with Gasteiger partial charge < -0.3 is 0 Å². The average Bonchev–Trinajstić information content (AvgIpc) is 2.90. The van der Waals surface area contributed by atoms with E-state index < -0.39 is 0 Å². The van der Waals surface area contributed by atoms with Crippen molar-refractivity contribution in [2.24, 2.45) is 0 Å². The Labute approximate surface area is 108 Å². The van der Waals surface area contributed by atoms with Gasteiger partial charge in [-0.15, -0.1) is 0 Å². The Bertz CT molecular complexity index is 543. The lowest BCUT2D eigenvalue weighted by molar-refractivity contribution is 1.68. The topological polar surface area (TPSA) is 0 Å². The molecule has 0 aliphatic heterocycles. The molecule has 0 fully saturated rings. The second-order valence-corrected chi connectivity index (χ2v) is 5.98. The molecule has 0 aliphatic carbocycles. The van der Waals surface area contributed by atoms with Crippen LogP contribution in [0.15, 0.2) is 66.7 Å². The van der Waals surface area contributed by atoms with E-state index >= 15 is 0 Å². The summed E-state index contributed by atoms with van der Waals surface area (Å²) >= 11 is 0. The smallest absolute Gasteiger partial charge is 0.0622 e. The Kier molecular flexibility index (Phi) is 2.99. The molecule has 1 aromatic heterocycles. The van der Waals surface area contributed by atoms with Crippen LogP contribution in [0.5, 0.6) is 0 Å².